The molecule has 0 saturated heterocycles. The third-order valence-corrected chi connectivity index (χ3v) is 12.8. The van der Waals surface area contributed by atoms with Crippen LogP contribution in [0.1, 0.15) is 52.7 Å². The van der Waals surface area contributed by atoms with Crippen LogP contribution in [0.15, 0.2) is 212 Å². The highest BCUT2D eigenvalue weighted by atomic mass is 15.1. The first kappa shape index (κ1) is 39.9. The van der Waals surface area contributed by atoms with Crippen molar-refractivity contribution in [3.63, 3.8) is 0 Å². The molecule has 0 aliphatic carbocycles. The first-order valence-corrected chi connectivity index (χ1v) is 22.3. The van der Waals surface area contributed by atoms with Crippen LogP contribution in [-0.2, 0) is 10.8 Å². The third kappa shape index (κ3) is 7.38. The van der Waals surface area contributed by atoms with Crippen LogP contribution < -0.4 is 4.90 Å². The molecule has 306 valence electrons. The second kappa shape index (κ2) is 15.9. The molecular weight excluding hydrogens is 759 g/mol. The summed E-state index contributed by atoms with van der Waals surface area (Å²) in [6, 6.07) is 78.6. The van der Waals surface area contributed by atoms with E-state index in [0.29, 0.717) is 0 Å². The van der Waals surface area contributed by atoms with Crippen LogP contribution >= 0.6 is 0 Å². The summed E-state index contributed by atoms with van der Waals surface area (Å²) in [6.45, 7) is 13.9. The lowest BCUT2D eigenvalue weighted by molar-refractivity contribution is 0.569. The number of nitrogens with zero attached hydrogens (tertiary/aromatic N) is 1. The fourth-order valence-electron chi connectivity index (χ4n) is 9.44. The fraction of sp³-hybridized carbons (Fsp3) is 0.129. The number of hydrogen-bond donors (Lipinski definition) is 0. The molecule has 63 heavy (non-hydrogen) atoms. The Morgan fingerprint density at radius 3 is 1.40 bits per heavy atom. The minimum absolute atomic E-state index is 0.00671. The molecule has 0 aliphatic heterocycles. The number of benzene rings is 10. The first-order chi connectivity index (χ1) is 30.5. The lowest BCUT2D eigenvalue weighted by Crippen LogP contribution is -2.16. The highest BCUT2D eigenvalue weighted by Gasteiger charge is 2.26. The van der Waals surface area contributed by atoms with Gasteiger partial charge in [0.1, 0.15) is 0 Å². The Morgan fingerprint density at radius 2 is 0.746 bits per heavy atom. The van der Waals surface area contributed by atoms with Crippen LogP contribution in [0.4, 0.5) is 17.1 Å². The van der Waals surface area contributed by atoms with Gasteiger partial charge in [-0.25, -0.2) is 0 Å². The van der Waals surface area contributed by atoms with Gasteiger partial charge in [-0.2, -0.15) is 0 Å². The van der Waals surface area contributed by atoms with E-state index < -0.39 is 0 Å². The van der Waals surface area contributed by atoms with Gasteiger partial charge in [0.15, 0.2) is 0 Å². The molecule has 0 fully saturated rings. The third-order valence-electron chi connectivity index (χ3n) is 12.8. The van der Waals surface area contributed by atoms with Crippen molar-refractivity contribution in [1.29, 1.82) is 0 Å². The van der Waals surface area contributed by atoms with Crippen LogP contribution in [0, 0.1) is 0 Å². The molecule has 10 aromatic rings. The Balaban J connectivity index is 1.26. The zero-order valence-corrected chi connectivity index (χ0v) is 37.2. The molecule has 0 aliphatic rings. The van der Waals surface area contributed by atoms with Gasteiger partial charge >= 0.3 is 0 Å². The monoisotopic (exact) mass is 811 g/mol. The van der Waals surface area contributed by atoms with Crippen LogP contribution in [0.25, 0.3) is 76.8 Å². The minimum atomic E-state index is -0.00671. The van der Waals surface area contributed by atoms with Crippen molar-refractivity contribution in [1.82, 2.24) is 0 Å². The number of rotatable bonds is 7. The maximum Gasteiger partial charge on any atom is 0.0540 e. The molecule has 0 N–H and O–H groups in total. The summed E-state index contributed by atoms with van der Waals surface area (Å²) in [6.07, 6.45) is 0. The molecule has 10 aromatic carbocycles. The van der Waals surface area contributed by atoms with E-state index in [0.717, 1.165) is 17.1 Å². The second-order valence-electron chi connectivity index (χ2n) is 18.9. The maximum atomic E-state index is 2.52. The molecular formula is C62H53N. The van der Waals surface area contributed by atoms with E-state index >= 15 is 0 Å². The van der Waals surface area contributed by atoms with Crippen LogP contribution in [0.3, 0.4) is 0 Å². The van der Waals surface area contributed by atoms with Crippen molar-refractivity contribution in [3.8, 4) is 44.5 Å². The lowest BCUT2D eigenvalue weighted by atomic mass is 9.78. The Labute approximate surface area is 372 Å². The molecule has 1 heteroatoms. The highest BCUT2D eigenvalue weighted by Crippen LogP contribution is 2.50. The quantitative estimate of drug-likeness (QED) is 0.145. The summed E-state index contributed by atoms with van der Waals surface area (Å²) in [7, 11) is 0. The minimum Gasteiger partial charge on any atom is -0.309 e. The predicted molar refractivity (Wildman–Crippen MR) is 273 cm³/mol. The van der Waals surface area contributed by atoms with Crippen LogP contribution in [-0.4, -0.2) is 0 Å². The summed E-state index contributed by atoms with van der Waals surface area (Å²) in [5.74, 6) is 0. The topological polar surface area (TPSA) is 3.24 Å². The van der Waals surface area contributed by atoms with Gasteiger partial charge in [0.25, 0.3) is 0 Å². The normalized spacial score (nSPS) is 12.0. The van der Waals surface area contributed by atoms with Gasteiger partial charge in [0.2, 0.25) is 0 Å². The van der Waals surface area contributed by atoms with E-state index in [1.807, 2.05) is 0 Å². The number of para-hydroxylation sites is 3. The maximum absolute atomic E-state index is 2.52. The van der Waals surface area contributed by atoms with E-state index in [4.69, 9.17) is 0 Å². The summed E-state index contributed by atoms with van der Waals surface area (Å²) in [4.78, 5) is 2.52. The molecule has 0 heterocycles. The lowest BCUT2D eigenvalue weighted by Gasteiger charge is -2.32. The Morgan fingerprint density at radius 1 is 0.286 bits per heavy atom. The average molecular weight is 812 g/mol. The van der Waals surface area contributed by atoms with Crippen molar-refractivity contribution in [2.45, 2.75) is 52.4 Å². The van der Waals surface area contributed by atoms with E-state index in [-0.39, 0.29) is 10.8 Å². The molecule has 10 rings (SSSR count). The molecule has 0 amide bonds. The Hall–Kier alpha value is -7.22. The molecule has 0 aromatic heterocycles. The van der Waals surface area contributed by atoms with Gasteiger partial charge in [-0.3, -0.25) is 0 Å². The van der Waals surface area contributed by atoms with Crippen LogP contribution in [0.5, 0.6) is 0 Å². The van der Waals surface area contributed by atoms with E-state index in [9.17, 15) is 0 Å². The van der Waals surface area contributed by atoms with Gasteiger partial charge < -0.3 is 4.90 Å². The van der Waals surface area contributed by atoms with Gasteiger partial charge in [0, 0.05) is 16.7 Å². The largest absolute Gasteiger partial charge is 0.309 e. The number of fused-ring (bicyclic) bond motifs is 4. The van der Waals surface area contributed by atoms with E-state index in [1.165, 1.54) is 88.0 Å². The zero-order valence-electron chi connectivity index (χ0n) is 37.2. The van der Waals surface area contributed by atoms with Crippen molar-refractivity contribution >= 4 is 49.4 Å². The van der Waals surface area contributed by atoms with Gasteiger partial charge in [-0.15, -0.1) is 0 Å². The summed E-state index contributed by atoms with van der Waals surface area (Å²) in [5, 5.41) is 7.48. The van der Waals surface area contributed by atoms with Crippen molar-refractivity contribution in [2.75, 3.05) is 4.90 Å². The van der Waals surface area contributed by atoms with Gasteiger partial charge in [0.05, 0.1) is 17.1 Å². The van der Waals surface area contributed by atoms with Crippen molar-refractivity contribution in [3.05, 3.63) is 223 Å². The molecule has 0 bridgehead atoms. The standard InChI is InChI=1S/C62H53N/c1-61(2,3)46-39-45(40-47(41-46)62(4,5)6)50-30-18-24-44-25-19-33-56(60(44)50)55-29-14-17-36-59(55)63(57-34-15-12-27-49(57)42-21-8-7-9-22-42)58-35-16-13-28-54(58)52-32-20-31-51-48-26-11-10-23-43(48)37-38-53(51)52/h7-41H,1-6H3. The molecule has 0 radical (unpaired) electrons. The van der Waals surface area contributed by atoms with Gasteiger partial charge in [-0.05, 0) is 100 Å². The SMILES string of the molecule is CC(C)(C)c1cc(-c2cccc3cccc(-c4ccccc4N(c4ccccc4-c4ccccc4)c4ccccc4-c4cccc5c4ccc4ccccc45)c23)cc(C(C)(C)C)c1. The van der Waals surface area contributed by atoms with Crippen molar-refractivity contribution < 1.29 is 0 Å². The molecule has 0 atom stereocenters. The molecule has 0 saturated carbocycles. The number of hydrogen-bond acceptors (Lipinski definition) is 1. The summed E-state index contributed by atoms with van der Waals surface area (Å²) in [5.41, 5.74) is 15.6. The highest BCUT2D eigenvalue weighted by molar-refractivity contribution is 6.14. The molecule has 0 spiro atoms. The average Bonchev–Trinajstić information content (AvgIpc) is 3.31. The van der Waals surface area contributed by atoms with E-state index in [1.54, 1.807) is 0 Å². The zero-order chi connectivity index (χ0) is 43.3. The summed E-state index contributed by atoms with van der Waals surface area (Å²) < 4.78 is 0. The second-order valence-corrected chi connectivity index (χ2v) is 18.9. The molecule has 1 nitrogen and oxygen atoms in total. The Kier molecular flexibility index (Phi) is 10.1. The summed E-state index contributed by atoms with van der Waals surface area (Å²) >= 11 is 0. The Bertz CT molecular complexity index is 3270. The fourth-order valence-corrected chi connectivity index (χ4v) is 9.44. The van der Waals surface area contributed by atoms with Crippen LogP contribution in [0.2, 0.25) is 0 Å². The van der Waals surface area contributed by atoms with Crippen molar-refractivity contribution in [2.24, 2.45) is 0 Å². The predicted octanol–water partition coefficient (Wildman–Crippen LogP) is 17.9. The molecule has 0 unspecified atom stereocenters. The smallest absolute Gasteiger partial charge is 0.0540 e. The number of anilines is 3. The van der Waals surface area contributed by atoms with Gasteiger partial charge in [-0.1, -0.05) is 236 Å². The van der Waals surface area contributed by atoms with E-state index in [2.05, 4.69) is 259 Å². The first-order valence-electron chi connectivity index (χ1n) is 22.3.